The zero-order chi connectivity index (χ0) is 14.4. The van der Waals surface area contributed by atoms with Crippen molar-refractivity contribution in [2.45, 2.75) is 58.0 Å². The SMILES string of the molecule is C[C@H](NCc1cccc(Br)c1)C12CC3CC(CC(C3)C1)C2. The molecule has 0 spiro atoms. The first-order valence-electron chi connectivity index (χ1n) is 8.61. The molecule has 4 fully saturated rings. The predicted molar refractivity (Wildman–Crippen MR) is 91.0 cm³/mol. The number of benzene rings is 1. The number of hydrogen-bond donors (Lipinski definition) is 1. The summed E-state index contributed by atoms with van der Waals surface area (Å²) in [5.41, 5.74) is 2.00. The average molecular weight is 348 g/mol. The van der Waals surface area contributed by atoms with Crippen LogP contribution in [0.2, 0.25) is 0 Å². The van der Waals surface area contributed by atoms with Crippen molar-refractivity contribution in [2.75, 3.05) is 0 Å². The number of rotatable bonds is 4. The van der Waals surface area contributed by atoms with E-state index in [0.717, 1.165) is 24.3 Å². The molecule has 1 N–H and O–H groups in total. The maximum absolute atomic E-state index is 3.86. The molecule has 0 radical (unpaired) electrons. The highest BCUT2D eigenvalue weighted by Gasteiger charge is 2.52. The lowest BCUT2D eigenvalue weighted by Crippen LogP contribution is -2.54. The van der Waals surface area contributed by atoms with Crippen LogP contribution in [-0.4, -0.2) is 6.04 Å². The third-order valence-electron chi connectivity index (χ3n) is 6.51. The average Bonchev–Trinajstić information content (AvgIpc) is 2.43. The minimum Gasteiger partial charge on any atom is -0.310 e. The van der Waals surface area contributed by atoms with Crippen LogP contribution in [0.15, 0.2) is 28.7 Å². The molecule has 4 aliphatic carbocycles. The van der Waals surface area contributed by atoms with Crippen molar-refractivity contribution in [3.05, 3.63) is 34.3 Å². The molecule has 4 saturated carbocycles. The van der Waals surface area contributed by atoms with E-state index < -0.39 is 0 Å². The second-order valence-corrected chi connectivity index (χ2v) is 8.93. The van der Waals surface area contributed by atoms with Crippen molar-refractivity contribution < 1.29 is 0 Å². The van der Waals surface area contributed by atoms with E-state index in [1.807, 2.05) is 0 Å². The molecule has 4 aliphatic rings. The summed E-state index contributed by atoms with van der Waals surface area (Å²) in [5, 5.41) is 3.86. The van der Waals surface area contributed by atoms with Gasteiger partial charge < -0.3 is 5.32 Å². The Hall–Kier alpha value is -0.340. The number of halogens is 1. The fourth-order valence-corrected chi connectivity index (χ4v) is 6.29. The Kier molecular flexibility index (Phi) is 3.66. The van der Waals surface area contributed by atoms with E-state index in [4.69, 9.17) is 0 Å². The minimum atomic E-state index is 0.612. The highest BCUT2D eigenvalue weighted by atomic mass is 79.9. The molecule has 0 heterocycles. The van der Waals surface area contributed by atoms with Gasteiger partial charge in [0, 0.05) is 17.1 Å². The third-order valence-corrected chi connectivity index (χ3v) is 7.00. The van der Waals surface area contributed by atoms with Crippen LogP contribution in [0, 0.1) is 23.2 Å². The molecule has 21 heavy (non-hydrogen) atoms. The quantitative estimate of drug-likeness (QED) is 0.794. The van der Waals surface area contributed by atoms with Gasteiger partial charge in [-0.25, -0.2) is 0 Å². The second kappa shape index (κ2) is 5.38. The van der Waals surface area contributed by atoms with Crippen LogP contribution in [0.3, 0.4) is 0 Å². The molecule has 1 nitrogen and oxygen atoms in total. The van der Waals surface area contributed by atoms with Crippen LogP contribution in [0.5, 0.6) is 0 Å². The van der Waals surface area contributed by atoms with E-state index in [-0.39, 0.29) is 0 Å². The molecule has 0 unspecified atom stereocenters. The number of hydrogen-bond acceptors (Lipinski definition) is 1. The highest BCUT2D eigenvalue weighted by Crippen LogP contribution is 2.61. The van der Waals surface area contributed by atoms with Crippen molar-refractivity contribution in [3.63, 3.8) is 0 Å². The Bertz CT molecular complexity index is 489. The second-order valence-electron chi connectivity index (χ2n) is 8.01. The van der Waals surface area contributed by atoms with Crippen molar-refractivity contribution in [1.82, 2.24) is 5.32 Å². The monoisotopic (exact) mass is 347 g/mol. The van der Waals surface area contributed by atoms with Gasteiger partial charge in [-0.2, -0.15) is 0 Å². The zero-order valence-corrected chi connectivity index (χ0v) is 14.5. The van der Waals surface area contributed by atoms with Gasteiger partial charge in [0.05, 0.1) is 0 Å². The Labute approximate surface area is 137 Å². The molecule has 1 aromatic rings. The summed E-state index contributed by atoms with van der Waals surface area (Å²) >= 11 is 3.57. The molecular weight excluding hydrogens is 322 g/mol. The maximum Gasteiger partial charge on any atom is 0.0208 e. The van der Waals surface area contributed by atoms with Crippen molar-refractivity contribution in [3.8, 4) is 0 Å². The third kappa shape index (κ3) is 2.70. The largest absolute Gasteiger partial charge is 0.310 e. The highest BCUT2D eigenvalue weighted by molar-refractivity contribution is 9.10. The van der Waals surface area contributed by atoms with E-state index in [1.54, 1.807) is 0 Å². The van der Waals surface area contributed by atoms with Crippen molar-refractivity contribution in [2.24, 2.45) is 23.2 Å². The summed E-state index contributed by atoms with van der Waals surface area (Å²) in [6.07, 6.45) is 9.09. The molecule has 0 aliphatic heterocycles. The molecule has 5 rings (SSSR count). The Morgan fingerprint density at radius 3 is 2.33 bits per heavy atom. The fourth-order valence-electron chi connectivity index (χ4n) is 5.84. The summed E-state index contributed by atoms with van der Waals surface area (Å²) in [4.78, 5) is 0. The molecule has 0 amide bonds. The molecular formula is C19H26BrN. The smallest absolute Gasteiger partial charge is 0.0208 e. The first-order chi connectivity index (χ1) is 10.1. The van der Waals surface area contributed by atoms with Crippen LogP contribution in [0.25, 0.3) is 0 Å². The molecule has 1 atom stereocenters. The van der Waals surface area contributed by atoms with Crippen LogP contribution < -0.4 is 5.32 Å². The van der Waals surface area contributed by atoms with Crippen LogP contribution in [-0.2, 0) is 6.54 Å². The van der Waals surface area contributed by atoms with Crippen molar-refractivity contribution in [1.29, 1.82) is 0 Å². The summed E-state index contributed by atoms with van der Waals surface area (Å²) < 4.78 is 1.18. The lowest BCUT2D eigenvalue weighted by atomic mass is 9.48. The van der Waals surface area contributed by atoms with E-state index in [9.17, 15) is 0 Å². The predicted octanol–water partition coefficient (Wildman–Crippen LogP) is 5.14. The molecule has 2 heteroatoms. The summed E-state index contributed by atoms with van der Waals surface area (Å²) in [5.74, 6) is 3.14. The Balaban J connectivity index is 1.44. The standard InChI is InChI=1S/C19H26BrN/c1-13(21-12-14-3-2-4-18(20)8-14)19-9-15-5-16(10-19)7-17(6-15)11-19/h2-4,8,13,15-17,21H,5-7,9-12H2,1H3/t13-,15?,16?,17?,19?/m0/s1. The lowest BCUT2D eigenvalue weighted by molar-refractivity contribution is -0.0706. The van der Waals surface area contributed by atoms with Gasteiger partial charge in [0.15, 0.2) is 0 Å². The normalized spacial score (nSPS) is 38.7. The first-order valence-corrected chi connectivity index (χ1v) is 9.40. The molecule has 4 bridgehead atoms. The minimum absolute atomic E-state index is 0.612. The summed E-state index contributed by atoms with van der Waals surface area (Å²) in [6, 6.07) is 9.36. The van der Waals surface area contributed by atoms with Gasteiger partial charge in [-0.15, -0.1) is 0 Å². The van der Waals surface area contributed by atoms with Gasteiger partial charge in [0.25, 0.3) is 0 Å². The summed E-state index contributed by atoms with van der Waals surface area (Å²) in [7, 11) is 0. The van der Waals surface area contributed by atoms with E-state index >= 15 is 0 Å². The van der Waals surface area contributed by atoms with Gasteiger partial charge in [-0.05, 0) is 86.3 Å². The Morgan fingerprint density at radius 1 is 1.14 bits per heavy atom. The van der Waals surface area contributed by atoms with E-state index in [2.05, 4.69) is 52.4 Å². The van der Waals surface area contributed by atoms with Gasteiger partial charge in [-0.1, -0.05) is 28.1 Å². The van der Waals surface area contributed by atoms with Crippen LogP contribution >= 0.6 is 15.9 Å². The topological polar surface area (TPSA) is 12.0 Å². The van der Waals surface area contributed by atoms with E-state index in [0.29, 0.717) is 11.5 Å². The Morgan fingerprint density at radius 2 is 1.76 bits per heavy atom. The van der Waals surface area contributed by atoms with Crippen LogP contribution in [0.4, 0.5) is 0 Å². The van der Waals surface area contributed by atoms with Gasteiger partial charge in [0.1, 0.15) is 0 Å². The fraction of sp³-hybridized carbons (Fsp3) is 0.684. The molecule has 0 saturated heterocycles. The summed E-state index contributed by atoms with van der Waals surface area (Å²) in [6.45, 7) is 3.45. The van der Waals surface area contributed by atoms with Crippen molar-refractivity contribution >= 4 is 15.9 Å². The van der Waals surface area contributed by atoms with E-state index in [1.165, 1.54) is 48.6 Å². The van der Waals surface area contributed by atoms with Gasteiger partial charge >= 0.3 is 0 Å². The van der Waals surface area contributed by atoms with Crippen LogP contribution in [0.1, 0.15) is 51.0 Å². The van der Waals surface area contributed by atoms with Gasteiger partial charge in [0.2, 0.25) is 0 Å². The zero-order valence-electron chi connectivity index (χ0n) is 12.9. The lowest BCUT2D eigenvalue weighted by Gasteiger charge is -2.59. The van der Waals surface area contributed by atoms with Gasteiger partial charge in [-0.3, -0.25) is 0 Å². The molecule has 114 valence electrons. The first kappa shape index (κ1) is 14.3. The molecule has 0 aromatic heterocycles. The maximum atomic E-state index is 3.86. The molecule has 1 aromatic carbocycles. The number of nitrogens with one attached hydrogen (secondary N) is 1.